The second-order valence-electron chi connectivity index (χ2n) is 8.33. The fourth-order valence-corrected chi connectivity index (χ4v) is 2.86. The van der Waals surface area contributed by atoms with E-state index in [1.54, 1.807) is 0 Å². The minimum absolute atomic E-state index is 0.228. The van der Waals surface area contributed by atoms with Gasteiger partial charge in [0.1, 0.15) is 13.2 Å². The van der Waals surface area contributed by atoms with Gasteiger partial charge in [-0.3, -0.25) is 0 Å². The van der Waals surface area contributed by atoms with Gasteiger partial charge in [0.05, 0.1) is 0 Å². The predicted molar refractivity (Wildman–Crippen MR) is 108 cm³/mol. The van der Waals surface area contributed by atoms with Crippen molar-refractivity contribution in [3.05, 3.63) is 0 Å². The molecular weight excluding hydrogens is 332 g/mol. The van der Waals surface area contributed by atoms with Gasteiger partial charge in [-0.15, -0.1) is 0 Å². The minimum Gasteiger partial charge on any atom is -0.434 e. The van der Waals surface area contributed by atoms with Gasteiger partial charge in [-0.25, -0.2) is 4.79 Å². The van der Waals surface area contributed by atoms with E-state index in [-0.39, 0.29) is 11.8 Å². The van der Waals surface area contributed by atoms with Gasteiger partial charge in [0, 0.05) is 37.0 Å². The van der Waals surface area contributed by atoms with Gasteiger partial charge in [-0.1, -0.05) is 0 Å². The van der Waals surface area contributed by atoms with Crippen LogP contribution in [0.4, 0.5) is 4.79 Å². The number of ether oxygens (including phenoxy) is 2. The maximum Gasteiger partial charge on any atom is 0.508 e. The van der Waals surface area contributed by atoms with Crippen molar-refractivity contribution in [3.63, 3.8) is 0 Å². The molecule has 0 aromatic rings. The SMILES string of the molecule is CC(C(COC(=O)OCC(CN(C)C)C(C)N(C)C)CN(C)C)N(C)C. The van der Waals surface area contributed by atoms with Crippen LogP contribution in [0, 0.1) is 11.8 Å². The van der Waals surface area contributed by atoms with Crippen LogP contribution < -0.4 is 0 Å². The molecule has 0 amide bonds. The quantitative estimate of drug-likeness (QED) is 0.479. The Kier molecular flexibility index (Phi) is 12.1. The maximum atomic E-state index is 12.1. The highest BCUT2D eigenvalue weighted by molar-refractivity contribution is 5.59. The lowest BCUT2D eigenvalue weighted by Gasteiger charge is -2.32. The first-order valence-electron chi connectivity index (χ1n) is 9.37. The summed E-state index contributed by atoms with van der Waals surface area (Å²) in [4.78, 5) is 20.6. The van der Waals surface area contributed by atoms with Crippen molar-refractivity contribution >= 4 is 6.16 Å². The Bertz CT molecular complexity index is 355. The Balaban J connectivity index is 4.59. The van der Waals surface area contributed by atoms with Gasteiger partial charge in [0.25, 0.3) is 0 Å². The van der Waals surface area contributed by atoms with E-state index in [0.29, 0.717) is 25.3 Å². The zero-order valence-corrected chi connectivity index (χ0v) is 18.7. The molecule has 0 aliphatic rings. The molecule has 0 N–H and O–H groups in total. The maximum absolute atomic E-state index is 12.1. The first-order chi connectivity index (χ1) is 12.0. The van der Waals surface area contributed by atoms with Gasteiger partial charge in [0.15, 0.2) is 0 Å². The molecule has 0 aromatic carbocycles. The highest BCUT2D eigenvalue weighted by Gasteiger charge is 2.24. The summed E-state index contributed by atoms with van der Waals surface area (Å²) in [6.45, 7) is 6.72. The van der Waals surface area contributed by atoms with Crippen molar-refractivity contribution < 1.29 is 14.3 Å². The zero-order chi connectivity index (χ0) is 20.4. The van der Waals surface area contributed by atoms with Crippen molar-refractivity contribution in [3.8, 4) is 0 Å². The van der Waals surface area contributed by atoms with Crippen LogP contribution in [0.2, 0.25) is 0 Å². The van der Waals surface area contributed by atoms with E-state index in [0.717, 1.165) is 13.1 Å². The molecule has 0 bridgehead atoms. The van der Waals surface area contributed by atoms with E-state index in [9.17, 15) is 4.79 Å². The van der Waals surface area contributed by atoms with Crippen LogP contribution in [0.1, 0.15) is 13.8 Å². The summed E-state index contributed by atoms with van der Waals surface area (Å²) >= 11 is 0. The average molecular weight is 375 g/mol. The van der Waals surface area contributed by atoms with Gasteiger partial charge in [0.2, 0.25) is 0 Å². The van der Waals surface area contributed by atoms with Gasteiger partial charge >= 0.3 is 6.16 Å². The molecule has 0 fully saturated rings. The third-order valence-electron chi connectivity index (χ3n) is 5.02. The van der Waals surface area contributed by atoms with Crippen molar-refractivity contribution in [2.24, 2.45) is 11.8 Å². The number of carbonyl (C=O) groups excluding carboxylic acids is 1. The largest absolute Gasteiger partial charge is 0.508 e. The van der Waals surface area contributed by atoms with E-state index in [1.807, 2.05) is 56.4 Å². The van der Waals surface area contributed by atoms with Crippen LogP contribution in [-0.4, -0.2) is 121 Å². The van der Waals surface area contributed by atoms with Crippen LogP contribution in [0.3, 0.4) is 0 Å². The Hall–Kier alpha value is -0.890. The monoisotopic (exact) mass is 374 g/mol. The van der Waals surface area contributed by atoms with Gasteiger partial charge in [-0.2, -0.15) is 0 Å². The first kappa shape index (κ1) is 25.1. The van der Waals surface area contributed by atoms with Gasteiger partial charge in [-0.05, 0) is 70.2 Å². The Morgan fingerprint density at radius 1 is 0.692 bits per heavy atom. The normalized spacial score (nSPS) is 16.8. The summed E-state index contributed by atoms with van der Waals surface area (Å²) in [5.74, 6) is 0.455. The average Bonchev–Trinajstić information content (AvgIpc) is 2.52. The summed E-state index contributed by atoms with van der Waals surface area (Å²) in [5.41, 5.74) is 0. The molecule has 7 heteroatoms. The topological polar surface area (TPSA) is 48.5 Å². The summed E-state index contributed by atoms with van der Waals surface area (Å²) in [7, 11) is 16.3. The van der Waals surface area contributed by atoms with Crippen molar-refractivity contribution in [2.75, 3.05) is 82.7 Å². The number of hydrogen-bond donors (Lipinski definition) is 0. The molecule has 156 valence electrons. The fourth-order valence-electron chi connectivity index (χ4n) is 2.86. The molecule has 0 aliphatic heterocycles. The van der Waals surface area contributed by atoms with E-state index in [2.05, 4.69) is 33.4 Å². The van der Waals surface area contributed by atoms with Crippen LogP contribution in [0.5, 0.6) is 0 Å². The van der Waals surface area contributed by atoms with Crippen molar-refractivity contribution in [1.29, 1.82) is 0 Å². The second kappa shape index (κ2) is 12.5. The van der Waals surface area contributed by atoms with E-state index < -0.39 is 6.16 Å². The van der Waals surface area contributed by atoms with E-state index >= 15 is 0 Å². The minimum atomic E-state index is -0.575. The molecule has 0 spiro atoms. The van der Waals surface area contributed by atoms with Gasteiger partial charge < -0.3 is 29.1 Å². The van der Waals surface area contributed by atoms with E-state index in [4.69, 9.17) is 9.47 Å². The van der Waals surface area contributed by atoms with Crippen molar-refractivity contribution in [2.45, 2.75) is 25.9 Å². The molecule has 0 aliphatic carbocycles. The third kappa shape index (κ3) is 10.3. The molecule has 4 atom stereocenters. The lowest BCUT2D eigenvalue weighted by molar-refractivity contribution is 0.0118. The van der Waals surface area contributed by atoms with Crippen LogP contribution in [0.15, 0.2) is 0 Å². The molecule has 7 nitrogen and oxygen atoms in total. The molecule has 0 aromatic heterocycles. The lowest BCUT2D eigenvalue weighted by Crippen LogP contribution is -2.42. The summed E-state index contributed by atoms with van der Waals surface area (Å²) in [6.07, 6.45) is -0.575. The third-order valence-corrected chi connectivity index (χ3v) is 5.02. The molecule has 4 unspecified atom stereocenters. The summed E-state index contributed by atoms with van der Waals surface area (Å²) in [5, 5.41) is 0. The lowest BCUT2D eigenvalue weighted by atomic mass is 10.0. The number of nitrogens with zero attached hydrogens (tertiary/aromatic N) is 4. The van der Waals surface area contributed by atoms with Crippen LogP contribution in [-0.2, 0) is 9.47 Å². The molecule has 26 heavy (non-hydrogen) atoms. The molecule has 0 radical (unpaired) electrons. The fraction of sp³-hybridized carbons (Fsp3) is 0.947. The van der Waals surface area contributed by atoms with Crippen LogP contribution in [0.25, 0.3) is 0 Å². The smallest absolute Gasteiger partial charge is 0.434 e. The predicted octanol–water partition coefficient (Wildman–Crippen LogP) is 1.40. The first-order valence-corrected chi connectivity index (χ1v) is 9.37. The Morgan fingerprint density at radius 2 is 1.00 bits per heavy atom. The Morgan fingerprint density at radius 3 is 1.23 bits per heavy atom. The van der Waals surface area contributed by atoms with E-state index in [1.165, 1.54) is 0 Å². The highest BCUT2D eigenvalue weighted by Crippen LogP contribution is 2.13. The zero-order valence-electron chi connectivity index (χ0n) is 18.7. The second-order valence-corrected chi connectivity index (χ2v) is 8.33. The number of carbonyl (C=O) groups is 1. The van der Waals surface area contributed by atoms with Crippen molar-refractivity contribution in [1.82, 2.24) is 19.6 Å². The number of rotatable bonds is 12. The van der Waals surface area contributed by atoms with Crippen LogP contribution >= 0.6 is 0 Å². The molecule has 0 rings (SSSR count). The molecular formula is C19H42N4O3. The summed E-state index contributed by atoms with van der Waals surface area (Å²) < 4.78 is 10.9. The molecule has 0 saturated carbocycles. The number of hydrogen-bond acceptors (Lipinski definition) is 7. The standard InChI is InChI=1S/C19H42N4O3/c1-15(22(7)8)17(11-20(3)4)13-25-19(24)26-14-18(12-21(5)6)16(2)23(9)10/h15-18H,11-14H2,1-10H3. The summed E-state index contributed by atoms with van der Waals surface area (Å²) in [6, 6.07) is 0.612. The Labute approximate surface area is 161 Å². The molecule has 0 saturated heterocycles. The highest BCUT2D eigenvalue weighted by atomic mass is 16.7. The molecule has 0 heterocycles.